The Balaban J connectivity index is 2.55. The van der Waals surface area contributed by atoms with Crippen LogP contribution in [0.4, 0.5) is 4.39 Å². The van der Waals surface area contributed by atoms with Crippen molar-refractivity contribution in [1.82, 2.24) is 5.43 Å². The normalized spacial score (nSPS) is 18.2. The highest BCUT2D eigenvalue weighted by atomic mass is 19.1. The monoisotopic (exact) mass is 222 g/mol. The molecule has 0 bridgehead atoms. The van der Waals surface area contributed by atoms with Gasteiger partial charge in [-0.25, -0.2) is 9.82 Å². The van der Waals surface area contributed by atoms with Crippen molar-refractivity contribution in [2.75, 3.05) is 0 Å². The van der Waals surface area contributed by atoms with E-state index < -0.39 is 17.0 Å². The summed E-state index contributed by atoms with van der Waals surface area (Å²) in [5.41, 5.74) is 1.85. The smallest absolute Gasteiger partial charge is 0.251 e. The van der Waals surface area contributed by atoms with Crippen molar-refractivity contribution >= 4 is 11.6 Å². The molecule has 0 spiro atoms. The molecule has 0 saturated heterocycles. The molecule has 0 atom stereocenters. The zero-order chi connectivity index (χ0) is 11.9. The van der Waals surface area contributed by atoms with Crippen molar-refractivity contribution < 1.29 is 14.3 Å². The van der Waals surface area contributed by atoms with Gasteiger partial charge in [0.1, 0.15) is 0 Å². The lowest BCUT2D eigenvalue weighted by atomic mass is 9.83. The molecule has 2 rings (SSSR count). The summed E-state index contributed by atoms with van der Waals surface area (Å²) < 4.78 is 13.7. The summed E-state index contributed by atoms with van der Waals surface area (Å²) in [7, 11) is 0. The van der Waals surface area contributed by atoms with E-state index in [1.807, 2.05) is 0 Å². The molecule has 0 aromatic heterocycles. The molecule has 1 aromatic carbocycles. The first-order chi connectivity index (χ1) is 7.44. The number of hydrogen-bond donors (Lipinski definition) is 2. The predicted octanol–water partition coefficient (Wildman–Crippen LogP) is 1.39. The molecule has 84 valence electrons. The van der Waals surface area contributed by atoms with E-state index in [2.05, 4.69) is 10.5 Å². The van der Waals surface area contributed by atoms with Crippen LogP contribution in [0, 0.1) is 11.2 Å². The molecule has 4 nitrogen and oxygen atoms in total. The molecule has 1 aromatic rings. The van der Waals surface area contributed by atoms with E-state index in [1.165, 1.54) is 18.2 Å². The number of carbonyl (C=O) groups is 1. The maximum absolute atomic E-state index is 13.7. The Kier molecular flexibility index (Phi) is 2.18. The lowest BCUT2D eigenvalue weighted by Crippen LogP contribution is -2.32. The Morgan fingerprint density at radius 2 is 2.12 bits per heavy atom. The summed E-state index contributed by atoms with van der Waals surface area (Å²) in [6, 6.07) is 4.24. The van der Waals surface area contributed by atoms with E-state index in [0.717, 1.165) is 0 Å². The van der Waals surface area contributed by atoms with Crippen LogP contribution in [-0.4, -0.2) is 16.7 Å². The number of phenolic OH excluding ortho intramolecular Hbond substituents is 1. The summed E-state index contributed by atoms with van der Waals surface area (Å²) in [6.07, 6.45) is 0. The number of hydrogen-bond acceptors (Lipinski definition) is 3. The molecule has 0 radical (unpaired) electrons. The van der Waals surface area contributed by atoms with Crippen LogP contribution >= 0.6 is 0 Å². The second-order valence-corrected chi connectivity index (χ2v) is 4.17. The van der Waals surface area contributed by atoms with Gasteiger partial charge in [0.05, 0.1) is 11.1 Å². The molecule has 1 heterocycles. The van der Waals surface area contributed by atoms with Gasteiger partial charge in [-0.15, -0.1) is 0 Å². The quantitative estimate of drug-likeness (QED) is 0.754. The van der Waals surface area contributed by atoms with E-state index in [-0.39, 0.29) is 11.5 Å². The first-order valence-corrected chi connectivity index (χ1v) is 4.81. The summed E-state index contributed by atoms with van der Waals surface area (Å²) in [6.45, 7) is 3.30. The molecule has 1 aliphatic heterocycles. The number of amides is 1. The summed E-state index contributed by atoms with van der Waals surface area (Å²) in [4.78, 5) is 11.5. The Labute approximate surface area is 91.8 Å². The second kappa shape index (κ2) is 3.30. The van der Waals surface area contributed by atoms with Crippen molar-refractivity contribution in [3.05, 3.63) is 29.6 Å². The molecular weight excluding hydrogens is 211 g/mol. The highest BCUT2D eigenvalue weighted by molar-refractivity contribution is 6.19. The van der Waals surface area contributed by atoms with Crippen LogP contribution in [0.25, 0.3) is 0 Å². The number of carbonyl (C=O) groups excluding carboxylic acids is 1. The van der Waals surface area contributed by atoms with Crippen LogP contribution in [-0.2, 0) is 4.79 Å². The molecule has 0 unspecified atom stereocenters. The van der Waals surface area contributed by atoms with E-state index in [1.54, 1.807) is 13.8 Å². The minimum Gasteiger partial charge on any atom is -0.505 e. The number of rotatable bonds is 1. The summed E-state index contributed by atoms with van der Waals surface area (Å²) in [5.74, 6) is -1.49. The molecule has 0 aliphatic carbocycles. The van der Waals surface area contributed by atoms with Gasteiger partial charge in [-0.05, 0) is 26.0 Å². The number of hydrazone groups is 1. The number of nitrogens with zero attached hydrogens (tertiary/aromatic N) is 1. The van der Waals surface area contributed by atoms with Gasteiger partial charge in [0.2, 0.25) is 0 Å². The third-order valence-corrected chi connectivity index (χ3v) is 2.66. The minimum atomic E-state index is -0.894. The van der Waals surface area contributed by atoms with Crippen molar-refractivity contribution in [3.8, 4) is 5.75 Å². The van der Waals surface area contributed by atoms with E-state index >= 15 is 0 Å². The minimum absolute atomic E-state index is 0.142. The SMILES string of the molecule is CC1(C)C(=O)NN=C1c1cccc(O)c1F. The average molecular weight is 222 g/mol. The Bertz CT molecular complexity index is 495. The number of benzene rings is 1. The predicted molar refractivity (Wildman–Crippen MR) is 56.5 cm³/mol. The lowest BCUT2D eigenvalue weighted by Gasteiger charge is -2.17. The Morgan fingerprint density at radius 1 is 1.44 bits per heavy atom. The van der Waals surface area contributed by atoms with Gasteiger partial charge in [-0.3, -0.25) is 4.79 Å². The van der Waals surface area contributed by atoms with Crippen molar-refractivity contribution in [2.24, 2.45) is 10.5 Å². The molecular formula is C11H11FN2O2. The van der Waals surface area contributed by atoms with Gasteiger partial charge < -0.3 is 5.11 Å². The van der Waals surface area contributed by atoms with Gasteiger partial charge in [-0.2, -0.15) is 5.10 Å². The standard InChI is InChI=1S/C11H11FN2O2/c1-11(2)9(13-14-10(11)16)6-4-3-5-7(15)8(6)12/h3-5,15H,1-2H3,(H,14,16). The zero-order valence-electron chi connectivity index (χ0n) is 8.91. The molecule has 0 saturated carbocycles. The topological polar surface area (TPSA) is 61.7 Å². The average Bonchev–Trinajstić information content (AvgIpc) is 2.48. The molecule has 2 N–H and O–H groups in total. The highest BCUT2D eigenvalue weighted by Crippen LogP contribution is 2.30. The van der Waals surface area contributed by atoms with Gasteiger partial charge in [0.25, 0.3) is 5.91 Å². The number of aromatic hydroxyl groups is 1. The summed E-state index contributed by atoms with van der Waals surface area (Å²) in [5, 5.41) is 13.1. The van der Waals surface area contributed by atoms with Crippen LogP contribution in [0.2, 0.25) is 0 Å². The van der Waals surface area contributed by atoms with Crippen molar-refractivity contribution in [2.45, 2.75) is 13.8 Å². The van der Waals surface area contributed by atoms with Gasteiger partial charge in [-0.1, -0.05) is 6.07 Å². The first-order valence-electron chi connectivity index (χ1n) is 4.81. The summed E-state index contributed by atoms with van der Waals surface area (Å²) >= 11 is 0. The van der Waals surface area contributed by atoms with E-state index in [9.17, 15) is 14.3 Å². The van der Waals surface area contributed by atoms with Gasteiger partial charge >= 0.3 is 0 Å². The third-order valence-electron chi connectivity index (χ3n) is 2.66. The Hall–Kier alpha value is -1.91. The molecule has 5 heteroatoms. The molecule has 1 aliphatic rings. The van der Waals surface area contributed by atoms with Crippen LogP contribution in [0.5, 0.6) is 5.75 Å². The molecule has 1 amide bonds. The fourth-order valence-corrected chi connectivity index (χ4v) is 1.59. The fraction of sp³-hybridized carbons (Fsp3) is 0.273. The van der Waals surface area contributed by atoms with Crippen LogP contribution in [0.15, 0.2) is 23.3 Å². The Morgan fingerprint density at radius 3 is 2.69 bits per heavy atom. The van der Waals surface area contributed by atoms with Crippen molar-refractivity contribution in [3.63, 3.8) is 0 Å². The first kappa shape index (κ1) is 10.6. The molecule has 16 heavy (non-hydrogen) atoms. The molecule has 0 fully saturated rings. The maximum Gasteiger partial charge on any atom is 0.251 e. The number of phenols is 1. The largest absolute Gasteiger partial charge is 0.505 e. The van der Waals surface area contributed by atoms with Crippen molar-refractivity contribution in [1.29, 1.82) is 0 Å². The van der Waals surface area contributed by atoms with Crippen LogP contribution in [0.3, 0.4) is 0 Å². The van der Waals surface area contributed by atoms with Gasteiger partial charge in [0.15, 0.2) is 11.6 Å². The fourth-order valence-electron chi connectivity index (χ4n) is 1.59. The van der Waals surface area contributed by atoms with Gasteiger partial charge in [0, 0.05) is 5.56 Å². The third kappa shape index (κ3) is 1.36. The number of halogens is 1. The second-order valence-electron chi connectivity index (χ2n) is 4.17. The maximum atomic E-state index is 13.7. The lowest BCUT2D eigenvalue weighted by molar-refractivity contribution is -0.125. The van der Waals surface area contributed by atoms with E-state index in [4.69, 9.17) is 0 Å². The van der Waals surface area contributed by atoms with Crippen LogP contribution in [0.1, 0.15) is 19.4 Å². The highest BCUT2D eigenvalue weighted by Gasteiger charge is 2.40. The van der Waals surface area contributed by atoms with Crippen LogP contribution < -0.4 is 5.43 Å². The zero-order valence-corrected chi connectivity index (χ0v) is 8.91. The number of nitrogens with one attached hydrogen (secondary N) is 1. The van der Waals surface area contributed by atoms with E-state index in [0.29, 0.717) is 5.71 Å².